The van der Waals surface area contributed by atoms with E-state index < -0.39 is 0 Å². The van der Waals surface area contributed by atoms with Crippen LogP contribution in [0.1, 0.15) is 25.2 Å². The van der Waals surface area contributed by atoms with E-state index in [1.54, 1.807) is 0 Å². The zero-order valence-corrected chi connectivity index (χ0v) is 8.83. The normalized spacial score (nSPS) is 21.5. The second-order valence-corrected chi connectivity index (χ2v) is 4.38. The van der Waals surface area contributed by atoms with Crippen LogP contribution < -0.4 is 0 Å². The number of fused-ring (bicyclic) bond motifs is 1. The highest BCUT2D eigenvalue weighted by Gasteiger charge is 2.34. The number of likely N-dealkylation sites (N-methyl/N-ethyl adjacent to an activating group) is 1. The Morgan fingerprint density at radius 2 is 2.08 bits per heavy atom. The summed E-state index contributed by atoms with van der Waals surface area (Å²) in [5.41, 5.74) is 2.72. The van der Waals surface area contributed by atoms with E-state index in [2.05, 4.69) is 42.4 Å². The maximum Gasteiger partial charge on any atom is 0.0949 e. The standard InChI is InChI=1S/C10H17N3/c1-10(2)9-8(5-6-13(10)4)12(3)7-11-9/h7H,5-6H2,1-4H3. The first-order valence-electron chi connectivity index (χ1n) is 4.75. The Bertz CT molecular complexity index is 325. The third-order valence-electron chi connectivity index (χ3n) is 3.28. The summed E-state index contributed by atoms with van der Waals surface area (Å²) >= 11 is 0. The molecule has 0 fully saturated rings. The average molecular weight is 179 g/mol. The monoisotopic (exact) mass is 179 g/mol. The summed E-state index contributed by atoms with van der Waals surface area (Å²) in [6.45, 7) is 5.59. The van der Waals surface area contributed by atoms with Gasteiger partial charge in [0.2, 0.25) is 0 Å². The summed E-state index contributed by atoms with van der Waals surface area (Å²) in [7, 11) is 4.24. The van der Waals surface area contributed by atoms with Crippen LogP contribution in [0, 0.1) is 0 Å². The van der Waals surface area contributed by atoms with Gasteiger partial charge in [-0.25, -0.2) is 4.98 Å². The van der Waals surface area contributed by atoms with Crippen molar-refractivity contribution in [1.82, 2.24) is 14.5 Å². The zero-order valence-electron chi connectivity index (χ0n) is 8.83. The van der Waals surface area contributed by atoms with Gasteiger partial charge in [0.25, 0.3) is 0 Å². The van der Waals surface area contributed by atoms with Crippen LogP contribution in [0.2, 0.25) is 0 Å². The number of hydrogen-bond donors (Lipinski definition) is 0. The van der Waals surface area contributed by atoms with Gasteiger partial charge < -0.3 is 4.57 Å². The lowest BCUT2D eigenvalue weighted by Gasteiger charge is -2.39. The highest BCUT2D eigenvalue weighted by molar-refractivity contribution is 5.24. The minimum absolute atomic E-state index is 0.0921. The van der Waals surface area contributed by atoms with E-state index in [4.69, 9.17) is 0 Å². The molecule has 1 aliphatic rings. The highest BCUT2D eigenvalue weighted by Crippen LogP contribution is 2.31. The molecule has 0 N–H and O–H groups in total. The van der Waals surface area contributed by atoms with Gasteiger partial charge in [0, 0.05) is 25.7 Å². The van der Waals surface area contributed by atoms with E-state index in [1.165, 1.54) is 11.4 Å². The summed E-state index contributed by atoms with van der Waals surface area (Å²) in [6, 6.07) is 0. The molecule has 2 heterocycles. The minimum atomic E-state index is 0.0921. The molecule has 1 aromatic rings. The molecule has 1 aliphatic heterocycles. The predicted octanol–water partition coefficient (Wildman–Crippen LogP) is 1.14. The van der Waals surface area contributed by atoms with Crippen LogP contribution in [0.3, 0.4) is 0 Å². The van der Waals surface area contributed by atoms with Crippen molar-refractivity contribution in [3.05, 3.63) is 17.7 Å². The highest BCUT2D eigenvalue weighted by atomic mass is 15.2. The van der Waals surface area contributed by atoms with E-state index in [0.717, 1.165) is 13.0 Å². The van der Waals surface area contributed by atoms with Crippen LogP contribution in [0.5, 0.6) is 0 Å². The summed E-state index contributed by atoms with van der Waals surface area (Å²) in [5.74, 6) is 0. The van der Waals surface area contributed by atoms with Crippen LogP contribution in [-0.2, 0) is 19.0 Å². The first-order valence-corrected chi connectivity index (χ1v) is 4.75. The van der Waals surface area contributed by atoms with Gasteiger partial charge in [0.05, 0.1) is 17.6 Å². The molecule has 0 saturated heterocycles. The number of rotatable bonds is 0. The third kappa shape index (κ3) is 1.10. The van der Waals surface area contributed by atoms with Gasteiger partial charge in [-0.15, -0.1) is 0 Å². The van der Waals surface area contributed by atoms with Gasteiger partial charge in [-0.05, 0) is 20.9 Å². The predicted molar refractivity (Wildman–Crippen MR) is 52.6 cm³/mol. The molecule has 0 unspecified atom stereocenters. The van der Waals surface area contributed by atoms with E-state index >= 15 is 0 Å². The third-order valence-corrected chi connectivity index (χ3v) is 3.28. The molecule has 72 valence electrons. The molecule has 3 nitrogen and oxygen atoms in total. The largest absolute Gasteiger partial charge is 0.337 e. The first kappa shape index (κ1) is 8.75. The first-order chi connectivity index (χ1) is 6.03. The average Bonchev–Trinajstić information content (AvgIpc) is 2.42. The molecule has 0 atom stereocenters. The second-order valence-electron chi connectivity index (χ2n) is 4.38. The Hall–Kier alpha value is -0.830. The van der Waals surface area contributed by atoms with Gasteiger partial charge in [-0.3, -0.25) is 4.90 Å². The molecule has 13 heavy (non-hydrogen) atoms. The van der Waals surface area contributed by atoms with Gasteiger partial charge in [0.1, 0.15) is 0 Å². The second kappa shape index (κ2) is 2.58. The van der Waals surface area contributed by atoms with Gasteiger partial charge in [-0.2, -0.15) is 0 Å². The van der Waals surface area contributed by atoms with Crippen molar-refractivity contribution in [3.8, 4) is 0 Å². The molecule has 3 heteroatoms. The summed E-state index contributed by atoms with van der Waals surface area (Å²) in [6.07, 6.45) is 3.04. The molecular weight excluding hydrogens is 162 g/mol. The van der Waals surface area contributed by atoms with Crippen LogP contribution in [-0.4, -0.2) is 28.0 Å². The Morgan fingerprint density at radius 1 is 1.38 bits per heavy atom. The molecule has 0 saturated carbocycles. The molecule has 0 bridgehead atoms. The minimum Gasteiger partial charge on any atom is -0.337 e. The van der Waals surface area contributed by atoms with Crippen molar-refractivity contribution >= 4 is 0 Å². The molecule has 1 aromatic heterocycles. The van der Waals surface area contributed by atoms with Crippen molar-refractivity contribution in [2.45, 2.75) is 25.8 Å². The number of imidazole rings is 1. The van der Waals surface area contributed by atoms with E-state index in [1.807, 2.05) is 6.33 Å². The number of nitrogens with zero attached hydrogens (tertiary/aromatic N) is 3. The topological polar surface area (TPSA) is 21.1 Å². The fraction of sp³-hybridized carbons (Fsp3) is 0.700. The zero-order chi connectivity index (χ0) is 9.64. The molecular formula is C10H17N3. The van der Waals surface area contributed by atoms with Gasteiger partial charge in [-0.1, -0.05) is 0 Å². The molecule has 0 spiro atoms. The van der Waals surface area contributed by atoms with Crippen LogP contribution in [0.25, 0.3) is 0 Å². The van der Waals surface area contributed by atoms with E-state index in [9.17, 15) is 0 Å². The van der Waals surface area contributed by atoms with Gasteiger partial charge >= 0.3 is 0 Å². The summed E-state index contributed by atoms with van der Waals surface area (Å²) < 4.78 is 2.14. The van der Waals surface area contributed by atoms with Crippen LogP contribution in [0.4, 0.5) is 0 Å². The number of aryl methyl sites for hydroxylation is 1. The SMILES string of the molecule is CN1CCc2c(ncn2C)C1(C)C. The van der Waals surface area contributed by atoms with Crippen molar-refractivity contribution in [2.24, 2.45) is 7.05 Å². The molecule has 2 rings (SSSR count). The summed E-state index contributed by atoms with van der Waals surface area (Å²) in [4.78, 5) is 6.84. The molecule has 0 aliphatic carbocycles. The van der Waals surface area contributed by atoms with Crippen molar-refractivity contribution < 1.29 is 0 Å². The van der Waals surface area contributed by atoms with Crippen LogP contribution >= 0.6 is 0 Å². The molecule has 0 aromatic carbocycles. The van der Waals surface area contributed by atoms with E-state index in [-0.39, 0.29) is 5.54 Å². The number of aromatic nitrogens is 2. The maximum atomic E-state index is 4.48. The fourth-order valence-corrected chi connectivity index (χ4v) is 2.00. The quantitative estimate of drug-likeness (QED) is 0.595. The van der Waals surface area contributed by atoms with Crippen molar-refractivity contribution in [3.63, 3.8) is 0 Å². The van der Waals surface area contributed by atoms with Crippen molar-refractivity contribution in [2.75, 3.05) is 13.6 Å². The lowest BCUT2D eigenvalue weighted by molar-refractivity contribution is 0.137. The summed E-state index contributed by atoms with van der Waals surface area (Å²) in [5, 5.41) is 0. The smallest absolute Gasteiger partial charge is 0.0949 e. The Morgan fingerprint density at radius 3 is 2.77 bits per heavy atom. The molecule has 0 amide bonds. The maximum absolute atomic E-state index is 4.48. The van der Waals surface area contributed by atoms with E-state index in [0.29, 0.717) is 0 Å². The fourth-order valence-electron chi connectivity index (χ4n) is 2.00. The van der Waals surface area contributed by atoms with Crippen molar-refractivity contribution in [1.29, 1.82) is 0 Å². The number of hydrogen-bond acceptors (Lipinski definition) is 2. The van der Waals surface area contributed by atoms with Crippen LogP contribution in [0.15, 0.2) is 6.33 Å². The Balaban J connectivity index is 2.53. The lowest BCUT2D eigenvalue weighted by atomic mass is 9.91. The Kier molecular flexibility index (Phi) is 1.74. The van der Waals surface area contributed by atoms with Gasteiger partial charge in [0.15, 0.2) is 0 Å². The molecule has 0 radical (unpaired) electrons. The Labute approximate surface area is 79.4 Å². The lowest BCUT2D eigenvalue weighted by Crippen LogP contribution is -2.44.